The van der Waals surface area contributed by atoms with Crippen molar-refractivity contribution < 1.29 is 0 Å². The fourth-order valence-electron chi connectivity index (χ4n) is 0.618. The van der Waals surface area contributed by atoms with E-state index < -0.39 is 0 Å². The van der Waals surface area contributed by atoms with Crippen LogP contribution in [-0.4, -0.2) is 27.0 Å². The number of rotatable bonds is 1. The summed E-state index contributed by atoms with van der Waals surface area (Å²) in [5.74, 6) is 0.121. The van der Waals surface area contributed by atoms with Crippen LogP contribution in [0.3, 0.4) is 0 Å². The van der Waals surface area contributed by atoms with Crippen molar-refractivity contribution in [1.82, 2.24) is 0 Å². The number of hydrogen-bond acceptors (Lipinski definition) is 4. The molecule has 1 rings (SSSR count). The SMILES string of the molecule is CN.CN.CN.N=C(N)c1ccccc1. The van der Waals surface area contributed by atoms with Crippen molar-refractivity contribution in [3.05, 3.63) is 35.9 Å². The molecule has 5 heteroatoms. The molecule has 0 aliphatic rings. The second-order valence-electron chi connectivity index (χ2n) is 1.78. The van der Waals surface area contributed by atoms with E-state index in [2.05, 4.69) is 17.2 Å². The number of hydrogen-bond donors (Lipinski definition) is 5. The smallest absolute Gasteiger partial charge is 0.122 e. The quantitative estimate of drug-likeness (QED) is 0.324. The molecule has 9 N–H and O–H groups in total. The topological polar surface area (TPSA) is 128 Å². The van der Waals surface area contributed by atoms with Gasteiger partial charge >= 0.3 is 0 Å². The Labute approximate surface area is 92.0 Å². The van der Waals surface area contributed by atoms with E-state index in [4.69, 9.17) is 11.1 Å². The standard InChI is InChI=1S/C7H8N2.3CH5N/c8-7(9)6-4-2-1-3-5-6;3*1-2/h1-5H,(H3,8,9);3*2H2,1H3. The predicted molar refractivity (Wildman–Crippen MR) is 67.8 cm³/mol. The van der Waals surface area contributed by atoms with Gasteiger partial charge in [-0.25, -0.2) is 0 Å². The highest BCUT2D eigenvalue weighted by Gasteiger charge is 1.89. The van der Waals surface area contributed by atoms with Crippen LogP contribution in [0.1, 0.15) is 5.56 Å². The Morgan fingerprint density at radius 3 is 1.40 bits per heavy atom. The summed E-state index contributed by atoms with van der Waals surface area (Å²) < 4.78 is 0. The van der Waals surface area contributed by atoms with Crippen LogP contribution in [0.15, 0.2) is 30.3 Å². The zero-order valence-corrected chi connectivity index (χ0v) is 9.70. The lowest BCUT2D eigenvalue weighted by Crippen LogP contribution is -2.10. The van der Waals surface area contributed by atoms with E-state index in [9.17, 15) is 0 Å². The van der Waals surface area contributed by atoms with Gasteiger partial charge in [-0.1, -0.05) is 30.3 Å². The molecule has 0 atom stereocenters. The van der Waals surface area contributed by atoms with Crippen LogP contribution < -0.4 is 22.9 Å². The van der Waals surface area contributed by atoms with Gasteiger partial charge in [-0.3, -0.25) is 5.41 Å². The van der Waals surface area contributed by atoms with Gasteiger partial charge in [0.25, 0.3) is 0 Å². The molecular weight excluding hydrogens is 190 g/mol. The lowest BCUT2D eigenvalue weighted by molar-refractivity contribution is 1.42. The largest absolute Gasteiger partial charge is 0.384 e. The fraction of sp³-hybridized carbons (Fsp3) is 0.300. The minimum absolute atomic E-state index is 0.121. The highest BCUT2D eigenvalue weighted by molar-refractivity contribution is 5.94. The Balaban J connectivity index is -0.000000208. The maximum absolute atomic E-state index is 7.01. The highest BCUT2D eigenvalue weighted by atomic mass is 14.7. The van der Waals surface area contributed by atoms with Crippen molar-refractivity contribution >= 4 is 5.84 Å². The van der Waals surface area contributed by atoms with Crippen LogP contribution in [-0.2, 0) is 0 Å². The molecule has 1 aromatic rings. The van der Waals surface area contributed by atoms with Gasteiger partial charge in [0.2, 0.25) is 0 Å². The number of nitrogen functional groups attached to an aromatic ring is 1. The van der Waals surface area contributed by atoms with E-state index in [-0.39, 0.29) is 5.84 Å². The van der Waals surface area contributed by atoms with Crippen molar-refractivity contribution in [2.24, 2.45) is 22.9 Å². The maximum atomic E-state index is 7.01. The Morgan fingerprint density at radius 2 is 1.20 bits per heavy atom. The van der Waals surface area contributed by atoms with Gasteiger partial charge in [0, 0.05) is 5.56 Å². The maximum Gasteiger partial charge on any atom is 0.122 e. The second-order valence-corrected chi connectivity index (χ2v) is 1.78. The third-order valence-corrected chi connectivity index (χ3v) is 1.08. The lowest BCUT2D eigenvalue weighted by atomic mass is 10.2. The van der Waals surface area contributed by atoms with Crippen LogP contribution in [0, 0.1) is 5.41 Å². The summed E-state index contributed by atoms with van der Waals surface area (Å²) in [4.78, 5) is 0. The summed E-state index contributed by atoms with van der Waals surface area (Å²) in [6.07, 6.45) is 0. The highest BCUT2D eigenvalue weighted by Crippen LogP contribution is 1.94. The molecule has 0 fully saturated rings. The zero-order chi connectivity index (χ0) is 12.7. The normalized spacial score (nSPS) is 6.53. The van der Waals surface area contributed by atoms with E-state index in [1.54, 1.807) is 0 Å². The molecule has 0 radical (unpaired) electrons. The number of nitrogens with two attached hydrogens (primary N) is 4. The minimum Gasteiger partial charge on any atom is -0.384 e. The Kier molecular flexibility index (Phi) is 23.5. The van der Waals surface area contributed by atoms with E-state index in [1.165, 1.54) is 21.1 Å². The molecule has 88 valence electrons. The van der Waals surface area contributed by atoms with Crippen molar-refractivity contribution in [2.75, 3.05) is 21.1 Å². The molecule has 15 heavy (non-hydrogen) atoms. The van der Waals surface area contributed by atoms with Crippen LogP contribution >= 0.6 is 0 Å². The molecule has 0 amide bonds. The van der Waals surface area contributed by atoms with Crippen LogP contribution in [0.25, 0.3) is 0 Å². The summed E-state index contributed by atoms with van der Waals surface area (Å²) >= 11 is 0. The molecule has 0 saturated carbocycles. The molecule has 0 aliphatic heterocycles. The summed E-state index contributed by atoms with van der Waals surface area (Å²) in [6.45, 7) is 0. The molecule has 0 bridgehead atoms. The molecule has 0 aliphatic carbocycles. The monoisotopic (exact) mass is 213 g/mol. The summed E-state index contributed by atoms with van der Waals surface area (Å²) in [7, 11) is 4.50. The predicted octanol–water partition coefficient (Wildman–Crippen LogP) is -0.305. The van der Waals surface area contributed by atoms with Gasteiger partial charge in [-0.15, -0.1) is 0 Å². The molecule has 1 aromatic carbocycles. The third kappa shape index (κ3) is 12.6. The van der Waals surface area contributed by atoms with Gasteiger partial charge < -0.3 is 22.9 Å². The van der Waals surface area contributed by atoms with Crippen molar-refractivity contribution in [3.63, 3.8) is 0 Å². The first-order chi connectivity index (χ1) is 7.30. The Bertz CT molecular complexity index is 210. The molecule has 5 nitrogen and oxygen atoms in total. The Morgan fingerprint density at radius 1 is 0.867 bits per heavy atom. The van der Waals surface area contributed by atoms with Crippen molar-refractivity contribution in [2.45, 2.75) is 0 Å². The summed E-state index contributed by atoms with van der Waals surface area (Å²) in [5.41, 5.74) is 19.5. The number of benzene rings is 1. The summed E-state index contributed by atoms with van der Waals surface area (Å²) in [5, 5.41) is 7.01. The molecule has 0 heterocycles. The van der Waals surface area contributed by atoms with Gasteiger partial charge in [0.05, 0.1) is 0 Å². The first-order valence-corrected chi connectivity index (χ1v) is 4.43. The second kappa shape index (κ2) is 18.4. The van der Waals surface area contributed by atoms with Crippen molar-refractivity contribution in [3.8, 4) is 0 Å². The van der Waals surface area contributed by atoms with Crippen LogP contribution in [0.2, 0.25) is 0 Å². The number of amidine groups is 1. The van der Waals surface area contributed by atoms with Gasteiger partial charge in [0.1, 0.15) is 5.84 Å². The van der Waals surface area contributed by atoms with E-state index in [0.717, 1.165) is 5.56 Å². The minimum atomic E-state index is 0.121. The van der Waals surface area contributed by atoms with Gasteiger partial charge in [-0.2, -0.15) is 0 Å². The average molecular weight is 213 g/mol. The molecule has 0 aromatic heterocycles. The van der Waals surface area contributed by atoms with Crippen molar-refractivity contribution in [1.29, 1.82) is 5.41 Å². The van der Waals surface area contributed by atoms with Gasteiger partial charge in [-0.05, 0) is 21.1 Å². The van der Waals surface area contributed by atoms with Crippen LogP contribution in [0.4, 0.5) is 0 Å². The third-order valence-electron chi connectivity index (χ3n) is 1.08. The number of nitrogens with one attached hydrogen (secondary N) is 1. The van der Waals surface area contributed by atoms with E-state index in [0.29, 0.717) is 0 Å². The average Bonchev–Trinajstić information content (AvgIpc) is 2.38. The Hall–Kier alpha value is -1.43. The zero-order valence-electron chi connectivity index (χ0n) is 9.70. The van der Waals surface area contributed by atoms with E-state index in [1.807, 2.05) is 30.3 Å². The molecule has 0 spiro atoms. The summed E-state index contributed by atoms with van der Waals surface area (Å²) in [6, 6.07) is 9.23. The fourth-order valence-corrected chi connectivity index (χ4v) is 0.618. The van der Waals surface area contributed by atoms with Crippen LogP contribution in [0.5, 0.6) is 0 Å². The lowest BCUT2D eigenvalue weighted by Gasteiger charge is -1.93. The molecular formula is C10H23N5. The molecule has 0 unspecified atom stereocenters. The first kappa shape index (κ1) is 19.2. The first-order valence-electron chi connectivity index (χ1n) is 4.43. The molecule has 0 saturated heterocycles. The van der Waals surface area contributed by atoms with E-state index >= 15 is 0 Å². The van der Waals surface area contributed by atoms with Gasteiger partial charge in [0.15, 0.2) is 0 Å².